The monoisotopic (exact) mass is 208 g/mol. The van der Waals surface area contributed by atoms with Gasteiger partial charge in [0.25, 0.3) is 0 Å². The van der Waals surface area contributed by atoms with Crippen LogP contribution in [0.4, 0.5) is 5.69 Å². The summed E-state index contributed by atoms with van der Waals surface area (Å²) in [6.07, 6.45) is -1.37. The molecular formula is C9H8N2O4. The normalized spacial score (nSPS) is 11.5. The molecule has 78 valence electrons. The number of hydrogen-bond acceptors (Lipinski definition) is 5. The number of methoxy groups -OCH3 is 1. The van der Waals surface area contributed by atoms with Crippen LogP contribution in [0.5, 0.6) is 5.75 Å². The first-order chi connectivity index (χ1) is 7.10. The summed E-state index contributed by atoms with van der Waals surface area (Å²) in [6, 6.07) is 5.44. The lowest BCUT2D eigenvalue weighted by Gasteiger charge is -2.05. The lowest BCUT2D eigenvalue weighted by atomic mass is 10.1. The molecule has 1 N–H and O–H groups in total. The van der Waals surface area contributed by atoms with Gasteiger partial charge >= 0.3 is 5.69 Å². The number of nitriles is 1. The maximum Gasteiger partial charge on any atom is 0.311 e. The lowest BCUT2D eigenvalue weighted by Crippen LogP contribution is -1.98. The summed E-state index contributed by atoms with van der Waals surface area (Å²) >= 11 is 0. The van der Waals surface area contributed by atoms with E-state index in [4.69, 9.17) is 10.00 Å². The number of nitrogens with zero attached hydrogens (tertiary/aromatic N) is 2. The van der Waals surface area contributed by atoms with Gasteiger partial charge in [-0.25, -0.2) is 0 Å². The SMILES string of the molecule is COc1ccc(C(O)C#N)cc1[N+](=O)[O-]. The van der Waals surface area contributed by atoms with Gasteiger partial charge in [-0.2, -0.15) is 5.26 Å². The van der Waals surface area contributed by atoms with Gasteiger partial charge in [0.1, 0.15) is 0 Å². The van der Waals surface area contributed by atoms with E-state index < -0.39 is 11.0 Å². The van der Waals surface area contributed by atoms with Crippen molar-refractivity contribution >= 4 is 5.69 Å². The van der Waals surface area contributed by atoms with Gasteiger partial charge in [-0.15, -0.1) is 0 Å². The highest BCUT2D eigenvalue weighted by atomic mass is 16.6. The average molecular weight is 208 g/mol. The first-order valence-electron chi connectivity index (χ1n) is 4.00. The second-order valence-corrected chi connectivity index (χ2v) is 2.72. The van der Waals surface area contributed by atoms with Crippen LogP contribution in [0.2, 0.25) is 0 Å². The van der Waals surface area contributed by atoms with Gasteiger partial charge in [-0.1, -0.05) is 6.07 Å². The number of hydrogen-bond donors (Lipinski definition) is 1. The molecule has 0 aliphatic heterocycles. The summed E-state index contributed by atoms with van der Waals surface area (Å²) in [5.41, 5.74) is -0.102. The number of nitro benzene ring substituents is 1. The Kier molecular flexibility index (Phi) is 3.21. The molecule has 0 heterocycles. The van der Waals surface area contributed by atoms with Crippen molar-refractivity contribution in [1.82, 2.24) is 0 Å². The minimum Gasteiger partial charge on any atom is -0.490 e. The molecule has 0 saturated heterocycles. The Morgan fingerprint density at radius 2 is 2.33 bits per heavy atom. The van der Waals surface area contributed by atoms with Crippen LogP contribution in [0.25, 0.3) is 0 Å². The summed E-state index contributed by atoms with van der Waals surface area (Å²) < 4.78 is 4.77. The van der Waals surface area contributed by atoms with Crippen LogP contribution in [-0.2, 0) is 0 Å². The third-order valence-electron chi connectivity index (χ3n) is 1.84. The Bertz CT molecular complexity index is 425. The molecule has 0 amide bonds. The van der Waals surface area contributed by atoms with E-state index in [1.54, 1.807) is 6.07 Å². The molecule has 1 atom stereocenters. The summed E-state index contributed by atoms with van der Waals surface area (Å²) in [5.74, 6) is 0.0916. The van der Waals surface area contributed by atoms with Gasteiger partial charge in [0.15, 0.2) is 11.9 Å². The van der Waals surface area contributed by atoms with Crippen molar-refractivity contribution < 1.29 is 14.8 Å². The van der Waals surface area contributed by atoms with E-state index in [2.05, 4.69) is 0 Å². The van der Waals surface area contributed by atoms with Crippen molar-refractivity contribution in [2.24, 2.45) is 0 Å². The fourth-order valence-corrected chi connectivity index (χ4v) is 1.09. The molecule has 6 heteroatoms. The molecule has 0 fully saturated rings. The van der Waals surface area contributed by atoms with E-state index in [0.29, 0.717) is 0 Å². The molecule has 1 rings (SSSR count). The smallest absolute Gasteiger partial charge is 0.311 e. The zero-order valence-electron chi connectivity index (χ0n) is 7.88. The highest BCUT2D eigenvalue weighted by Gasteiger charge is 2.17. The molecule has 6 nitrogen and oxygen atoms in total. The van der Waals surface area contributed by atoms with Gasteiger partial charge in [0.2, 0.25) is 0 Å². The van der Waals surface area contributed by atoms with Crippen LogP contribution in [-0.4, -0.2) is 17.1 Å². The van der Waals surface area contributed by atoms with E-state index in [1.165, 1.54) is 19.2 Å². The second-order valence-electron chi connectivity index (χ2n) is 2.72. The molecule has 1 unspecified atom stereocenters. The Morgan fingerprint density at radius 3 is 2.80 bits per heavy atom. The number of aliphatic hydroxyl groups excluding tert-OH is 1. The highest BCUT2D eigenvalue weighted by Crippen LogP contribution is 2.29. The zero-order chi connectivity index (χ0) is 11.4. The Morgan fingerprint density at radius 1 is 1.67 bits per heavy atom. The largest absolute Gasteiger partial charge is 0.490 e. The van der Waals surface area contributed by atoms with Crippen LogP contribution in [0.15, 0.2) is 18.2 Å². The van der Waals surface area contributed by atoms with Crippen LogP contribution in [0, 0.1) is 21.4 Å². The molecule has 1 aromatic carbocycles. The first kappa shape index (κ1) is 10.9. The fourth-order valence-electron chi connectivity index (χ4n) is 1.09. The van der Waals surface area contributed by atoms with Crippen molar-refractivity contribution in [3.8, 4) is 11.8 Å². The van der Waals surface area contributed by atoms with Crippen molar-refractivity contribution in [3.63, 3.8) is 0 Å². The third kappa shape index (κ3) is 2.21. The van der Waals surface area contributed by atoms with Gasteiger partial charge in [-0.05, 0) is 6.07 Å². The molecule has 0 radical (unpaired) electrons. The minimum atomic E-state index is -1.37. The number of benzene rings is 1. The standard InChI is InChI=1S/C9H8N2O4/c1-15-9-3-2-6(8(12)5-10)4-7(9)11(13)14/h2-4,8,12H,1H3. The molecule has 0 aromatic heterocycles. The van der Waals surface area contributed by atoms with E-state index in [9.17, 15) is 15.2 Å². The van der Waals surface area contributed by atoms with Crippen molar-refractivity contribution in [3.05, 3.63) is 33.9 Å². The molecule has 0 bridgehead atoms. The number of aliphatic hydroxyl groups is 1. The summed E-state index contributed by atoms with van der Waals surface area (Å²) in [5, 5.41) is 28.2. The van der Waals surface area contributed by atoms with Crippen molar-refractivity contribution in [1.29, 1.82) is 5.26 Å². The van der Waals surface area contributed by atoms with Gasteiger partial charge < -0.3 is 9.84 Å². The van der Waals surface area contributed by atoms with E-state index in [0.717, 1.165) is 6.07 Å². The van der Waals surface area contributed by atoms with Crippen LogP contribution >= 0.6 is 0 Å². The zero-order valence-corrected chi connectivity index (χ0v) is 7.88. The molecular weight excluding hydrogens is 200 g/mol. The molecule has 1 aromatic rings. The average Bonchev–Trinajstić information content (AvgIpc) is 2.27. The van der Waals surface area contributed by atoms with E-state index in [1.807, 2.05) is 0 Å². The predicted molar refractivity (Wildman–Crippen MR) is 50.2 cm³/mol. The number of nitro groups is 1. The van der Waals surface area contributed by atoms with Gasteiger partial charge in [0, 0.05) is 11.6 Å². The molecule has 15 heavy (non-hydrogen) atoms. The third-order valence-corrected chi connectivity index (χ3v) is 1.84. The van der Waals surface area contributed by atoms with Crippen molar-refractivity contribution in [2.45, 2.75) is 6.10 Å². The summed E-state index contributed by atoms with van der Waals surface area (Å²) in [4.78, 5) is 9.97. The van der Waals surface area contributed by atoms with Gasteiger partial charge in [-0.3, -0.25) is 10.1 Å². The van der Waals surface area contributed by atoms with E-state index in [-0.39, 0.29) is 17.0 Å². The Labute approximate surface area is 85.5 Å². The van der Waals surface area contributed by atoms with Crippen molar-refractivity contribution in [2.75, 3.05) is 7.11 Å². The molecule has 0 saturated carbocycles. The Balaban J connectivity index is 3.23. The second kappa shape index (κ2) is 4.39. The number of rotatable bonds is 3. The first-order valence-corrected chi connectivity index (χ1v) is 4.00. The van der Waals surface area contributed by atoms with Gasteiger partial charge in [0.05, 0.1) is 18.1 Å². The minimum absolute atomic E-state index is 0.0916. The Hall–Kier alpha value is -2.13. The maximum atomic E-state index is 10.6. The molecule has 0 spiro atoms. The fraction of sp³-hybridized carbons (Fsp3) is 0.222. The topological polar surface area (TPSA) is 96.4 Å². The lowest BCUT2D eigenvalue weighted by molar-refractivity contribution is -0.385. The predicted octanol–water partition coefficient (Wildman–Crippen LogP) is 1.16. The summed E-state index contributed by atoms with van der Waals surface area (Å²) in [7, 11) is 1.31. The quantitative estimate of drug-likeness (QED) is 0.456. The highest BCUT2D eigenvalue weighted by molar-refractivity contribution is 5.49. The number of ether oxygens (including phenoxy) is 1. The molecule has 0 aliphatic carbocycles. The van der Waals surface area contributed by atoms with E-state index >= 15 is 0 Å². The van der Waals surface area contributed by atoms with Crippen LogP contribution < -0.4 is 4.74 Å². The maximum absolute atomic E-state index is 10.6. The summed E-state index contributed by atoms with van der Waals surface area (Å²) in [6.45, 7) is 0. The molecule has 0 aliphatic rings. The van der Waals surface area contributed by atoms with Crippen LogP contribution in [0.3, 0.4) is 0 Å². The van der Waals surface area contributed by atoms with Crippen LogP contribution in [0.1, 0.15) is 11.7 Å².